The van der Waals surface area contributed by atoms with Crippen LogP contribution in [0.1, 0.15) is 177 Å². The molecule has 14 atom stereocenters. The number of carbonyl (C=O) groups is 20. The van der Waals surface area contributed by atoms with Gasteiger partial charge in [-0.1, -0.05) is 92.1 Å². The molecule has 0 aromatic carbocycles. The van der Waals surface area contributed by atoms with Crippen LogP contribution in [-0.4, -0.2) is 272 Å². The van der Waals surface area contributed by atoms with E-state index >= 15 is 0 Å². The summed E-state index contributed by atoms with van der Waals surface area (Å²) in [6.07, 6.45) is -4.97. The quantitative estimate of drug-likeness (QED) is 0.0237. The third kappa shape index (κ3) is 54.8. The van der Waals surface area contributed by atoms with Gasteiger partial charge >= 0.3 is 119 Å². The number of esters is 20. The van der Waals surface area contributed by atoms with E-state index < -0.39 is 206 Å². The molecular weight excluding hydrogens is 1890 g/mol. The van der Waals surface area contributed by atoms with Crippen molar-refractivity contribution in [3.05, 3.63) is 174 Å². The highest BCUT2D eigenvalue weighted by Gasteiger charge is 2.52. The first-order chi connectivity index (χ1) is 67.7. The van der Waals surface area contributed by atoms with E-state index in [0.29, 0.717) is 77.0 Å². The molecule has 4 unspecified atom stereocenters. The van der Waals surface area contributed by atoms with Crippen LogP contribution >= 0.6 is 0 Å². The lowest BCUT2D eigenvalue weighted by Crippen LogP contribution is -2.58. The van der Waals surface area contributed by atoms with Gasteiger partial charge in [-0.2, -0.15) is 0 Å². The van der Waals surface area contributed by atoms with Gasteiger partial charge in [0.2, 0.25) is 37.4 Å². The molecule has 0 N–H and O–H groups in total. The summed E-state index contributed by atoms with van der Waals surface area (Å²) in [6, 6.07) is 0. The maximum Gasteiger partial charge on any atom is 0.335 e. The van der Waals surface area contributed by atoms with E-state index in [1.807, 2.05) is 0 Å². The van der Waals surface area contributed by atoms with Crippen molar-refractivity contribution < 1.29 is 210 Å². The summed E-state index contributed by atoms with van der Waals surface area (Å²) in [6.45, 7) is 57.4. The molecule has 0 aliphatic carbocycles. The molecular formula is C99H130O44. The minimum Gasteiger partial charge on any atom is -0.463 e. The van der Waals surface area contributed by atoms with Gasteiger partial charge in [0.1, 0.15) is 12.2 Å². The van der Waals surface area contributed by atoms with Crippen molar-refractivity contribution >= 4 is 119 Å². The predicted molar refractivity (Wildman–Crippen MR) is 495 cm³/mol. The Kier molecular flexibility index (Phi) is 62.9. The van der Waals surface area contributed by atoms with Gasteiger partial charge in [-0.3, -0.25) is 28.8 Å². The lowest BCUT2D eigenvalue weighted by molar-refractivity contribution is -0.272. The standard InChI is InChI=1S/C32H46O13.C29H40O13.C21H26O9.C17H18O9/c1-21(2)30(36)39-16-10-7-13-26(33)43-24-19-29(45-28(35)15-9-12-18-41-32(38)23(5)6)42-20-25(24)44-27(34)14-8-11-17-40-31(37)22(3)4;1-4-23(30)36-16-10-7-13-26(33)40-21-19-29(42-28(35)15-9-12-18-38-25(32)6-3)39-20-22(21)41-27(34)14-8-11-17-37-24(31)5-2;1-10(2)17(22)27-14-9-26-21(30-20(25)13(7)8)16(29-19(24)12(5)6)15(14)28-18(23)11(3)4;1-5-11(18)23-10-9-22-17(26-14(21)8-4)16(25-13(20)7-3)15(10)24-12(19)6-2/h24-25,29H,1,3,5,7-20H2,2,4,6H3;4-6,21-22,29H,1-3,7-20H2;14-16,21H,1,3,5,7,9H2,2,4,6,8H3;5-8,10,15-17H,1-4,9H2/t24-,25+,29?;21-,22+,29?;14-,15-,16+,21?;10-,15-,16+,17?/m0011/s1. The van der Waals surface area contributed by atoms with Crippen LogP contribution in [0.25, 0.3) is 0 Å². The number of ether oxygens (including phenoxy) is 24. The summed E-state index contributed by atoms with van der Waals surface area (Å²) < 4.78 is 126. The maximum absolute atomic E-state index is 12.6. The topological polar surface area (TPSA) is 563 Å². The van der Waals surface area contributed by atoms with E-state index in [1.165, 1.54) is 48.5 Å². The van der Waals surface area contributed by atoms with Crippen molar-refractivity contribution in [2.75, 3.05) is 66.1 Å². The van der Waals surface area contributed by atoms with Gasteiger partial charge in [0, 0.05) is 120 Å². The van der Waals surface area contributed by atoms with Gasteiger partial charge in [0.15, 0.2) is 36.6 Å². The van der Waals surface area contributed by atoms with Gasteiger partial charge in [-0.05, 0) is 126 Å². The lowest BCUT2D eigenvalue weighted by Gasteiger charge is -2.40. The van der Waals surface area contributed by atoms with E-state index in [1.54, 1.807) is 0 Å². The third-order valence-corrected chi connectivity index (χ3v) is 18.7. The summed E-state index contributed by atoms with van der Waals surface area (Å²) in [7, 11) is 0. The second-order valence-electron chi connectivity index (χ2n) is 31.3. The van der Waals surface area contributed by atoms with Gasteiger partial charge in [-0.25, -0.2) is 67.1 Å². The lowest BCUT2D eigenvalue weighted by atomic mass is 10.0. The average molecular weight is 2020 g/mol. The molecule has 0 bridgehead atoms. The van der Waals surface area contributed by atoms with Crippen molar-refractivity contribution in [2.24, 2.45) is 0 Å². The van der Waals surface area contributed by atoms with Crippen LogP contribution in [0.4, 0.5) is 0 Å². The van der Waals surface area contributed by atoms with Crippen LogP contribution < -0.4 is 0 Å². The maximum atomic E-state index is 12.6. The highest BCUT2D eigenvalue weighted by Crippen LogP contribution is 2.31. The zero-order valence-corrected chi connectivity index (χ0v) is 81.7. The number of rotatable bonds is 58. The first-order valence-corrected chi connectivity index (χ1v) is 45.0. The van der Waals surface area contributed by atoms with E-state index in [-0.39, 0.29) is 156 Å². The van der Waals surface area contributed by atoms with Crippen LogP contribution in [0.5, 0.6) is 0 Å². The minimum atomic E-state index is -1.46. The van der Waals surface area contributed by atoms with Crippen LogP contribution in [0, 0.1) is 0 Å². The van der Waals surface area contributed by atoms with Crippen LogP contribution in [0.2, 0.25) is 0 Å². The Labute approximate surface area is 828 Å². The monoisotopic (exact) mass is 2020 g/mol. The Bertz CT molecular complexity index is 4420. The average Bonchev–Trinajstić information content (AvgIpc) is 0.805. The van der Waals surface area contributed by atoms with E-state index in [2.05, 4.69) is 92.1 Å². The van der Waals surface area contributed by atoms with Crippen molar-refractivity contribution in [1.29, 1.82) is 0 Å². The first-order valence-electron chi connectivity index (χ1n) is 45.0. The molecule has 4 aliphatic rings. The second-order valence-corrected chi connectivity index (χ2v) is 31.3. The number of hydrogen-bond donors (Lipinski definition) is 0. The Hall–Kier alpha value is -14.4. The van der Waals surface area contributed by atoms with Crippen LogP contribution in [-0.2, 0) is 210 Å². The summed E-state index contributed by atoms with van der Waals surface area (Å²) in [4.78, 5) is 237. The third-order valence-electron chi connectivity index (χ3n) is 18.7. The highest BCUT2D eigenvalue weighted by atomic mass is 16.8. The Morgan fingerprint density at radius 3 is 0.748 bits per heavy atom. The van der Waals surface area contributed by atoms with Crippen molar-refractivity contribution in [2.45, 2.75) is 263 Å². The Morgan fingerprint density at radius 1 is 0.217 bits per heavy atom. The van der Waals surface area contributed by atoms with E-state index in [9.17, 15) is 95.9 Å². The van der Waals surface area contributed by atoms with Crippen molar-refractivity contribution in [3.8, 4) is 0 Å². The molecule has 0 radical (unpaired) electrons. The largest absolute Gasteiger partial charge is 0.463 e. The second kappa shape index (κ2) is 71.1. The molecule has 0 amide bonds. The van der Waals surface area contributed by atoms with Gasteiger partial charge in [-0.15, -0.1) is 0 Å². The molecule has 0 aromatic rings. The molecule has 143 heavy (non-hydrogen) atoms. The normalized spacial score (nSPS) is 19.8. The van der Waals surface area contributed by atoms with E-state index in [0.717, 1.165) is 42.5 Å². The van der Waals surface area contributed by atoms with Gasteiger partial charge in [0.05, 0.1) is 78.9 Å². The van der Waals surface area contributed by atoms with Crippen molar-refractivity contribution in [1.82, 2.24) is 0 Å². The summed E-state index contributed by atoms with van der Waals surface area (Å²) in [5.41, 5.74) is 1.08. The fraction of sp³-hybridized carbons (Fsp3) is 0.515. The molecule has 4 aliphatic heterocycles. The first kappa shape index (κ1) is 127. The molecule has 44 heteroatoms. The van der Waals surface area contributed by atoms with Gasteiger partial charge in [0.25, 0.3) is 0 Å². The molecule has 4 rings (SSSR count). The number of hydrogen-bond acceptors (Lipinski definition) is 44. The van der Waals surface area contributed by atoms with Crippen LogP contribution in [0.3, 0.4) is 0 Å². The SMILES string of the molecule is C=C(C)C(=O)OC1OC[C@@H](OC(=O)C(=C)C)[C@@H](OC(=O)C(=C)C)[C@@H]1OC(=O)C(=C)C.C=C(C)C(=O)OCCCCC(=O)OC1C[C@H](OC(=O)CCCCOC(=O)C(=C)C)[C@H](OC(=O)CCCCOC(=O)C(=C)C)CO1.C=CC(=O)OC1OC[C@@H](OC(=O)C=C)[C@@H](OC(=O)C=C)[C@@H]1OC(=O)C=C.C=CC(=O)OCCCCC(=O)OC1C[C@H](OC(=O)CCCCOC(=O)C=C)[C@H](OC(=O)CCCCOC(=O)C=C)CO1. The zero-order chi connectivity index (χ0) is 108. The Balaban J connectivity index is 0.000000974. The molecule has 4 heterocycles. The molecule has 44 nitrogen and oxygen atoms in total. The fourth-order valence-electron chi connectivity index (χ4n) is 11.2. The van der Waals surface area contributed by atoms with Crippen LogP contribution in [0.15, 0.2) is 174 Å². The predicted octanol–water partition coefficient (Wildman–Crippen LogP) is 9.06. The molecule has 4 saturated heterocycles. The molecule has 790 valence electrons. The molecule has 0 saturated carbocycles. The van der Waals surface area contributed by atoms with Crippen molar-refractivity contribution in [3.63, 3.8) is 0 Å². The van der Waals surface area contributed by atoms with E-state index in [4.69, 9.17) is 114 Å². The molecule has 0 spiro atoms. The number of unbranched alkanes of at least 4 members (excludes halogenated alkanes) is 6. The minimum absolute atomic E-state index is 0.0198. The smallest absolute Gasteiger partial charge is 0.335 e. The molecule has 0 aromatic heterocycles. The summed E-state index contributed by atoms with van der Waals surface area (Å²) in [5.74, 6) is -13.3. The van der Waals surface area contributed by atoms with Gasteiger partial charge < -0.3 is 114 Å². The summed E-state index contributed by atoms with van der Waals surface area (Å²) >= 11 is 0. The zero-order valence-electron chi connectivity index (χ0n) is 81.7. The number of carbonyl (C=O) groups excluding carboxylic acids is 20. The highest BCUT2D eigenvalue weighted by molar-refractivity contribution is 5.91. The Morgan fingerprint density at radius 2 is 0.441 bits per heavy atom. The fourth-order valence-corrected chi connectivity index (χ4v) is 11.2. The summed E-state index contributed by atoms with van der Waals surface area (Å²) in [5, 5.41) is 0. The molecule has 4 fully saturated rings.